The molecule has 56 unspecified atom stereocenters. The van der Waals surface area contributed by atoms with Crippen molar-refractivity contribution < 1.29 is 105 Å². The molecule has 0 spiro atoms. The van der Waals surface area contributed by atoms with Gasteiger partial charge >= 0.3 is 41.8 Å². The number of fused-ring (bicyclic) bond motifs is 56. The van der Waals surface area contributed by atoms with Gasteiger partial charge in [-0.1, -0.05) is 135 Å². The lowest BCUT2D eigenvalue weighted by atomic mass is 9.63. The van der Waals surface area contributed by atoms with Gasteiger partial charge in [-0.15, -0.1) is 0 Å². The van der Waals surface area contributed by atoms with Crippen molar-refractivity contribution in [1.82, 2.24) is 0 Å². The zero-order chi connectivity index (χ0) is 94.2. The van der Waals surface area contributed by atoms with Crippen LogP contribution in [0.1, 0.15) is 281 Å². The van der Waals surface area contributed by atoms with Crippen LogP contribution in [0.15, 0.2) is 0 Å². The molecule has 22 heteroatoms. The van der Waals surface area contributed by atoms with E-state index in [0.29, 0.717) is 181 Å². The SMILES string of the molecule is CCC1CC(CC)C2C3CC(C4C(=O)OC(C)(C)C34)C12.CCC1CC(CC)C2C3OC(C4C(=O)OC(C)(C)C34)C12.CCC1CC(CC)C2C3OC(C4COC(=O)C43)C12.CCC1OC(CC)C2C3CC(C4C(=O)OC(C)(C)C34)C12.CCC1OC(CC)C2C3CC(C4COC(=O)C43)C12.CCC1OC(CC)C2C3OC(C4C(=O)OC(C)(C)C34)C12.CCC1OC(CC)C2C3OC(C4COC(=O)C43)C12. The molecule has 22 nitrogen and oxygen atoms in total. The number of carbonyl (C=O) groups is 7. The standard InChI is InChI=1S/C18H28O2.2C17H26O3.C16H24O4.2C15H22O3.C14H20O4/c1-5-9-7-10(6-2)14-12-8-11(13(9)14)15-16(12)18(3,4)20-17(15)19;1-5-10-12-8-7-9(13(12)11(6-2)19-10)15-14(8)16(18)20-17(15,3)4;1-5-8-7-9(6-2)11-10(8)14-12-13(15(11)19-14)17(3,4)20-16(12)18;1-5-7-9-10(8(6-2)18-7)14-12-11(13(9)19-14)15(17)20-16(12,3)4;1-3-10-13-7-5-8(14(13)11(4-2)18-10)12-9(7)6-17-15(12)16;1-3-7-5-8(4-2)11-10(7)13-9-6-17-15(16)12(9)14(11)18-13;1-3-7-10-11(8(4-2)17-7)13-9-6(12(10)18-13)5-16-14(9)15/h9-16H,5-8H2,1-4H3;2*8-15H,5-7H2,1-4H3;7-14H,5-6H2,1-4H3;2*7-14H,3-6H2,1-2H3;6-13H,3-5H2,1-2H3. The van der Waals surface area contributed by atoms with Crippen LogP contribution in [0, 0.1) is 237 Å². The van der Waals surface area contributed by atoms with Crippen molar-refractivity contribution >= 4 is 41.8 Å². The zero-order valence-electron chi connectivity index (χ0n) is 85.1. The number of cyclic esters (lactones) is 7. The Balaban J connectivity index is 0.0000000910. The Kier molecular flexibility index (Phi) is 24.5. The van der Waals surface area contributed by atoms with Crippen LogP contribution in [-0.2, 0) is 105 Å². The second kappa shape index (κ2) is 34.6. The Morgan fingerprint density at radius 1 is 0.194 bits per heavy atom. The van der Waals surface area contributed by atoms with Crippen molar-refractivity contribution in [3.8, 4) is 0 Å². The first kappa shape index (κ1) is 94.9. The van der Waals surface area contributed by atoms with E-state index in [1.54, 1.807) is 0 Å². The second-order valence-electron chi connectivity index (χ2n) is 50.6. The van der Waals surface area contributed by atoms with Crippen molar-refractivity contribution in [3.63, 3.8) is 0 Å². The van der Waals surface area contributed by atoms with Crippen LogP contribution in [0.3, 0.4) is 0 Å². The molecule has 28 fully saturated rings. The van der Waals surface area contributed by atoms with E-state index in [1.165, 1.54) is 77.0 Å². The minimum Gasteiger partial charge on any atom is -0.465 e. The van der Waals surface area contributed by atoms with E-state index in [2.05, 4.69) is 138 Å². The highest BCUT2D eigenvalue weighted by Crippen LogP contribution is 2.75. The smallest absolute Gasteiger partial charge is 0.312 e. The molecular weight excluding hydrogens is 1700 g/mol. The van der Waals surface area contributed by atoms with Gasteiger partial charge in [0.05, 0.1) is 159 Å². The summed E-state index contributed by atoms with van der Waals surface area (Å²) in [6.45, 7) is 50.1. The third-order valence-electron chi connectivity index (χ3n) is 44.9. The van der Waals surface area contributed by atoms with Crippen molar-refractivity contribution in [1.29, 1.82) is 0 Å². The Hall–Kier alpha value is -4.03. The average Bonchev–Trinajstić information content (AvgIpc) is 1.52. The van der Waals surface area contributed by atoms with Gasteiger partial charge in [0.15, 0.2) is 0 Å². The lowest BCUT2D eigenvalue weighted by Crippen LogP contribution is -2.47. The van der Waals surface area contributed by atoms with Crippen molar-refractivity contribution in [3.05, 3.63) is 0 Å². The molecule has 0 amide bonds. The number of hydrogen-bond donors (Lipinski definition) is 0. The molecule has 28 rings (SSSR count). The second-order valence-corrected chi connectivity index (χ2v) is 50.6. The van der Waals surface area contributed by atoms with E-state index in [4.69, 9.17) is 71.1 Å². The molecule has 19 aliphatic heterocycles. The lowest BCUT2D eigenvalue weighted by Gasteiger charge is -2.39. The van der Waals surface area contributed by atoms with Crippen LogP contribution in [0.25, 0.3) is 0 Å². The van der Waals surface area contributed by atoms with Gasteiger partial charge in [-0.3, -0.25) is 33.6 Å². The fourth-order valence-corrected chi connectivity index (χ4v) is 40.9. The molecule has 0 N–H and O–H groups in total. The topological polar surface area (TPSA) is 258 Å². The highest BCUT2D eigenvalue weighted by molar-refractivity contribution is 5.81. The van der Waals surface area contributed by atoms with Gasteiger partial charge in [0.1, 0.15) is 22.4 Å². The van der Waals surface area contributed by atoms with Gasteiger partial charge in [-0.05, 0) is 275 Å². The van der Waals surface area contributed by atoms with Gasteiger partial charge < -0.3 is 71.1 Å². The largest absolute Gasteiger partial charge is 0.465 e. The molecule has 28 aliphatic rings. The highest BCUT2D eigenvalue weighted by Gasteiger charge is 2.80. The van der Waals surface area contributed by atoms with Gasteiger partial charge in [-0.25, -0.2) is 0 Å². The summed E-state index contributed by atoms with van der Waals surface area (Å²) in [6.07, 6.45) is 28.0. The first-order valence-corrected chi connectivity index (χ1v) is 55.9. The minimum atomic E-state index is -0.394. The maximum absolute atomic E-state index is 12.4. The lowest BCUT2D eigenvalue weighted by molar-refractivity contribution is -0.155. The Morgan fingerprint density at radius 2 is 0.433 bits per heavy atom. The maximum Gasteiger partial charge on any atom is 0.312 e. The molecule has 0 aromatic heterocycles. The minimum absolute atomic E-state index is 0.000696. The summed E-state index contributed by atoms with van der Waals surface area (Å²) < 4.78 is 88.7. The molecule has 134 heavy (non-hydrogen) atoms. The maximum atomic E-state index is 12.4. The summed E-state index contributed by atoms with van der Waals surface area (Å²) >= 11 is 0. The molecule has 56 atom stereocenters. The van der Waals surface area contributed by atoms with E-state index in [1.807, 2.05) is 13.8 Å². The van der Waals surface area contributed by atoms with Crippen LogP contribution >= 0.6 is 0 Å². The Bertz CT molecular complexity index is 3940. The van der Waals surface area contributed by atoms with Crippen LogP contribution in [0.4, 0.5) is 0 Å². The van der Waals surface area contributed by atoms with Crippen molar-refractivity contribution in [2.75, 3.05) is 19.8 Å². The van der Waals surface area contributed by atoms with Crippen molar-refractivity contribution in [2.45, 2.75) is 401 Å². The molecule has 0 aromatic carbocycles. The molecule has 0 radical (unpaired) electrons. The molecule has 748 valence electrons. The number of carbonyl (C=O) groups excluding carboxylic acids is 7. The molecular formula is C112H168O22. The molecule has 14 bridgehead atoms. The first-order chi connectivity index (χ1) is 64.2. The van der Waals surface area contributed by atoms with E-state index in [0.717, 1.165) is 105 Å². The summed E-state index contributed by atoms with van der Waals surface area (Å²) in [6, 6.07) is 0. The normalized spacial score (nSPS) is 55.6. The van der Waals surface area contributed by atoms with Crippen LogP contribution < -0.4 is 0 Å². The van der Waals surface area contributed by atoms with E-state index in [-0.39, 0.29) is 179 Å². The fraction of sp³-hybridized carbons (Fsp3) is 0.938. The number of esters is 7. The Labute approximate surface area is 799 Å². The molecule has 9 saturated carbocycles. The monoisotopic (exact) mass is 1870 g/mol. The van der Waals surface area contributed by atoms with Gasteiger partial charge in [0.25, 0.3) is 0 Å². The van der Waals surface area contributed by atoms with E-state index >= 15 is 0 Å². The summed E-state index contributed by atoms with van der Waals surface area (Å²) in [4.78, 5) is 84.9. The van der Waals surface area contributed by atoms with Gasteiger partial charge in [0, 0.05) is 65.1 Å². The number of ether oxygens (including phenoxy) is 15. The molecule has 0 aromatic rings. The number of rotatable bonds is 14. The van der Waals surface area contributed by atoms with Crippen LogP contribution in [0.2, 0.25) is 0 Å². The van der Waals surface area contributed by atoms with E-state index in [9.17, 15) is 33.6 Å². The summed E-state index contributed by atoms with van der Waals surface area (Å²) in [5, 5.41) is 0. The molecule has 9 aliphatic carbocycles. The fourth-order valence-electron chi connectivity index (χ4n) is 40.9. The summed E-state index contributed by atoms with van der Waals surface area (Å²) in [5.41, 5.74) is -1.22. The highest BCUT2D eigenvalue weighted by atomic mass is 16.6. The zero-order valence-corrected chi connectivity index (χ0v) is 85.1. The Morgan fingerprint density at radius 3 is 0.828 bits per heavy atom. The molecule has 19 saturated heterocycles. The third-order valence-corrected chi connectivity index (χ3v) is 44.9. The average molecular weight is 1870 g/mol. The quantitative estimate of drug-likeness (QED) is 0.116. The molecule has 19 heterocycles. The first-order valence-electron chi connectivity index (χ1n) is 55.9. The van der Waals surface area contributed by atoms with Crippen molar-refractivity contribution in [2.24, 2.45) is 237 Å². The van der Waals surface area contributed by atoms with Gasteiger partial charge in [-0.2, -0.15) is 0 Å². The van der Waals surface area contributed by atoms with Crippen LogP contribution in [-0.4, -0.2) is 182 Å². The third kappa shape index (κ3) is 13.5. The van der Waals surface area contributed by atoms with Crippen LogP contribution in [0.5, 0.6) is 0 Å². The summed E-state index contributed by atoms with van der Waals surface area (Å²) in [5.74, 6) is 20.8. The summed E-state index contributed by atoms with van der Waals surface area (Å²) in [7, 11) is 0. The van der Waals surface area contributed by atoms with Gasteiger partial charge in [0.2, 0.25) is 0 Å². The predicted octanol–water partition coefficient (Wildman–Crippen LogP) is 18.0. The number of hydrogen-bond acceptors (Lipinski definition) is 22. The predicted molar refractivity (Wildman–Crippen MR) is 494 cm³/mol. The van der Waals surface area contributed by atoms with E-state index < -0.39 is 5.60 Å².